The molecule has 3 N–H and O–H groups in total. The molecule has 5 heteroatoms. The third-order valence-corrected chi connectivity index (χ3v) is 4.37. The van der Waals surface area contributed by atoms with Gasteiger partial charge in [0.25, 0.3) is 5.91 Å². The summed E-state index contributed by atoms with van der Waals surface area (Å²) >= 11 is 1.26. The van der Waals surface area contributed by atoms with E-state index in [4.69, 9.17) is 5.73 Å². The Balaban J connectivity index is 2.11. The lowest BCUT2D eigenvalue weighted by atomic mass is 9.75. The van der Waals surface area contributed by atoms with Crippen molar-refractivity contribution in [2.75, 3.05) is 5.73 Å². The molecule has 1 aromatic heterocycles. The van der Waals surface area contributed by atoms with Crippen molar-refractivity contribution in [3.63, 3.8) is 0 Å². The Labute approximate surface area is 99.3 Å². The molecule has 16 heavy (non-hydrogen) atoms. The highest BCUT2D eigenvalue weighted by Gasteiger charge is 2.37. The number of nitrogens with zero attached hydrogens (tertiary/aromatic N) is 1. The lowest BCUT2D eigenvalue weighted by molar-refractivity contribution is 0.0824. The van der Waals surface area contributed by atoms with E-state index in [1.54, 1.807) is 0 Å². The largest absolute Gasteiger partial charge is 0.375 e. The van der Waals surface area contributed by atoms with E-state index >= 15 is 0 Å². The first-order valence-electron chi connectivity index (χ1n) is 5.62. The van der Waals surface area contributed by atoms with Crippen LogP contribution in [0.25, 0.3) is 0 Å². The van der Waals surface area contributed by atoms with Gasteiger partial charge in [0.05, 0.1) is 5.69 Å². The molecule has 4 nitrogen and oxygen atoms in total. The van der Waals surface area contributed by atoms with Crippen molar-refractivity contribution in [1.82, 2.24) is 10.3 Å². The number of nitrogens with two attached hydrogens (primary N) is 1. The molecule has 1 fully saturated rings. The third kappa shape index (κ3) is 1.91. The molecule has 1 heterocycles. The van der Waals surface area contributed by atoms with Crippen LogP contribution in [0.4, 0.5) is 5.13 Å². The number of amides is 1. The van der Waals surface area contributed by atoms with Crippen molar-refractivity contribution < 1.29 is 4.79 Å². The Morgan fingerprint density at radius 3 is 2.69 bits per heavy atom. The molecule has 0 radical (unpaired) electrons. The van der Waals surface area contributed by atoms with E-state index in [1.807, 2.05) is 6.92 Å². The fourth-order valence-electron chi connectivity index (χ4n) is 2.10. The molecule has 0 bridgehead atoms. The molecule has 0 aromatic carbocycles. The van der Waals surface area contributed by atoms with Crippen LogP contribution in [0, 0.1) is 6.92 Å². The number of anilines is 1. The Bertz CT molecular complexity index is 404. The monoisotopic (exact) mass is 239 g/mol. The van der Waals surface area contributed by atoms with Gasteiger partial charge in [-0.3, -0.25) is 4.79 Å². The van der Waals surface area contributed by atoms with Crippen LogP contribution in [-0.4, -0.2) is 16.4 Å². The standard InChI is InChI=1S/C11H17N3OS/c1-3-11(5-4-6-11)14-9(15)8-7(2)13-10(12)16-8/h3-6H2,1-2H3,(H2,12,13)(H,14,15). The maximum absolute atomic E-state index is 12.0. The zero-order chi connectivity index (χ0) is 11.8. The summed E-state index contributed by atoms with van der Waals surface area (Å²) < 4.78 is 0. The van der Waals surface area contributed by atoms with E-state index in [9.17, 15) is 4.79 Å². The number of aromatic nitrogens is 1. The second-order valence-corrected chi connectivity index (χ2v) is 5.44. The van der Waals surface area contributed by atoms with E-state index < -0.39 is 0 Å². The summed E-state index contributed by atoms with van der Waals surface area (Å²) in [4.78, 5) is 16.8. The van der Waals surface area contributed by atoms with Gasteiger partial charge in [-0.25, -0.2) is 4.98 Å². The predicted molar refractivity (Wildman–Crippen MR) is 65.6 cm³/mol. The normalized spacial score (nSPS) is 17.9. The van der Waals surface area contributed by atoms with Gasteiger partial charge in [0.1, 0.15) is 4.88 Å². The van der Waals surface area contributed by atoms with Crippen LogP contribution < -0.4 is 11.1 Å². The van der Waals surface area contributed by atoms with Crippen LogP contribution in [0.1, 0.15) is 48.0 Å². The van der Waals surface area contributed by atoms with E-state index in [-0.39, 0.29) is 11.4 Å². The lowest BCUT2D eigenvalue weighted by Crippen LogP contribution is -2.52. The van der Waals surface area contributed by atoms with E-state index in [0.717, 1.165) is 25.0 Å². The van der Waals surface area contributed by atoms with Gasteiger partial charge >= 0.3 is 0 Å². The Morgan fingerprint density at radius 1 is 1.62 bits per heavy atom. The molecule has 1 saturated carbocycles. The van der Waals surface area contributed by atoms with Gasteiger partial charge < -0.3 is 11.1 Å². The first kappa shape index (κ1) is 11.4. The maximum atomic E-state index is 12.0. The van der Waals surface area contributed by atoms with Gasteiger partial charge in [-0.15, -0.1) is 0 Å². The highest BCUT2D eigenvalue weighted by molar-refractivity contribution is 7.17. The minimum Gasteiger partial charge on any atom is -0.375 e. The van der Waals surface area contributed by atoms with Gasteiger partial charge in [0.2, 0.25) is 0 Å². The molecule has 1 amide bonds. The topological polar surface area (TPSA) is 68.0 Å². The van der Waals surface area contributed by atoms with Crippen LogP contribution in [0.2, 0.25) is 0 Å². The molecule has 1 aliphatic rings. The number of thiazole rings is 1. The summed E-state index contributed by atoms with van der Waals surface area (Å²) in [6.07, 6.45) is 4.37. The van der Waals surface area contributed by atoms with E-state index in [1.165, 1.54) is 17.8 Å². The minimum atomic E-state index is -0.0201. The van der Waals surface area contributed by atoms with Crippen LogP contribution in [0.5, 0.6) is 0 Å². The van der Waals surface area contributed by atoms with Crippen LogP contribution in [-0.2, 0) is 0 Å². The summed E-state index contributed by atoms with van der Waals surface area (Å²) in [7, 11) is 0. The number of hydrogen-bond acceptors (Lipinski definition) is 4. The smallest absolute Gasteiger partial charge is 0.263 e. The van der Waals surface area contributed by atoms with Gasteiger partial charge in [0.15, 0.2) is 5.13 Å². The molecule has 0 saturated heterocycles. The summed E-state index contributed by atoms with van der Waals surface area (Å²) in [5, 5.41) is 3.59. The van der Waals surface area contributed by atoms with Crippen LogP contribution >= 0.6 is 11.3 Å². The van der Waals surface area contributed by atoms with E-state index in [2.05, 4.69) is 17.2 Å². The van der Waals surface area contributed by atoms with Crippen LogP contribution in [0.3, 0.4) is 0 Å². The summed E-state index contributed by atoms with van der Waals surface area (Å²) in [6.45, 7) is 3.94. The summed E-state index contributed by atoms with van der Waals surface area (Å²) in [5.41, 5.74) is 6.34. The van der Waals surface area contributed by atoms with Crippen molar-refractivity contribution >= 4 is 22.4 Å². The molecule has 1 aliphatic carbocycles. The molecule has 2 rings (SSSR count). The van der Waals surface area contributed by atoms with Crippen molar-refractivity contribution in [1.29, 1.82) is 0 Å². The quantitative estimate of drug-likeness (QED) is 0.848. The molecule has 0 aliphatic heterocycles. The van der Waals surface area contributed by atoms with Crippen LogP contribution in [0.15, 0.2) is 0 Å². The average Bonchev–Trinajstić information content (AvgIpc) is 2.51. The fourth-order valence-corrected chi connectivity index (χ4v) is 2.82. The summed E-state index contributed by atoms with van der Waals surface area (Å²) in [5.74, 6) is -0.0201. The number of carbonyl (C=O) groups is 1. The Hall–Kier alpha value is -1.10. The molecular formula is C11H17N3OS. The number of nitrogen functional groups attached to an aromatic ring is 1. The Morgan fingerprint density at radius 2 is 2.31 bits per heavy atom. The van der Waals surface area contributed by atoms with E-state index in [0.29, 0.717) is 10.0 Å². The second-order valence-electron chi connectivity index (χ2n) is 4.41. The second kappa shape index (κ2) is 4.05. The molecular weight excluding hydrogens is 222 g/mol. The maximum Gasteiger partial charge on any atom is 0.263 e. The Kier molecular flexibility index (Phi) is 2.88. The lowest BCUT2D eigenvalue weighted by Gasteiger charge is -2.41. The highest BCUT2D eigenvalue weighted by atomic mass is 32.1. The van der Waals surface area contributed by atoms with Gasteiger partial charge in [-0.1, -0.05) is 18.3 Å². The molecule has 1 aromatic rings. The third-order valence-electron chi connectivity index (χ3n) is 3.39. The SMILES string of the molecule is CCC1(NC(=O)c2sc(N)nc2C)CCC1. The number of hydrogen-bond donors (Lipinski definition) is 2. The molecule has 88 valence electrons. The number of aryl methyl sites for hydroxylation is 1. The van der Waals surface area contributed by atoms with Crippen molar-refractivity contribution in [3.05, 3.63) is 10.6 Å². The zero-order valence-corrected chi connectivity index (χ0v) is 10.5. The molecule has 0 unspecified atom stereocenters. The van der Waals surface area contributed by atoms with Crippen molar-refractivity contribution in [2.45, 2.75) is 45.1 Å². The average molecular weight is 239 g/mol. The fraction of sp³-hybridized carbons (Fsp3) is 0.636. The van der Waals surface area contributed by atoms with Gasteiger partial charge in [0, 0.05) is 5.54 Å². The van der Waals surface area contributed by atoms with Crippen molar-refractivity contribution in [2.24, 2.45) is 0 Å². The predicted octanol–water partition coefficient (Wildman–Crippen LogP) is 2.10. The first-order valence-corrected chi connectivity index (χ1v) is 6.43. The highest BCUT2D eigenvalue weighted by Crippen LogP contribution is 2.35. The molecule has 0 atom stereocenters. The van der Waals surface area contributed by atoms with Gasteiger partial charge in [-0.2, -0.15) is 0 Å². The van der Waals surface area contributed by atoms with Crippen molar-refractivity contribution in [3.8, 4) is 0 Å². The number of rotatable bonds is 3. The van der Waals surface area contributed by atoms with Gasteiger partial charge in [-0.05, 0) is 32.6 Å². The first-order chi connectivity index (χ1) is 7.56. The zero-order valence-electron chi connectivity index (χ0n) is 9.67. The summed E-state index contributed by atoms with van der Waals surface area (Å²) in [6, 6.07) is 0. The molecule has 0 spiro atoms. The number of nitrogens with one attached hydrogen (secondary N) is 1. The minimum absolute atomic E-state index is 0.0201. The number of carbonyl (C=O) groups excluding carboxylic acids is 1.